The van der Waals surface area contributed by atoms with Crippen molar-refractivity contribution in [1.29, 1.82) is 0 Å². The number of carbonyl (C=O) groups is 2. The van der Waals surface area contributed by atoms with E-state index in [1.807, 2.05) is 6.92 Å². The van der Waals surface area contributed by atoms with E-state index in [-0.39, 0.29) is 23.7 Å². The number of piperazine rings is 1. The highest BCUT2D eigenvalue weighted by atomic mass is 19.1. The number of rotatable bonds is 3. The van der Waals surface area contributed by atoms with E-state index >= 15 is 0 Å². The molecule has 0 saturated carbocycles. The average molecular weight is 308 g/mol. The molecule has 2 rings (SSSR count). The Morgan fingerprint density at radius 1 is 1.14 bits per heavy atom. The molecule has 0 N–H and O–H groups in total. The molecule has 5 nitrogen and oxygen atoms in total. The van der Waals surface area contributed by atoms with Crippen LogP contribution in [-0.4, -0.2) is 55.1 Å². The fraction of sp³-hybridized carbons (Fsp3) is 0.500. The summed E-state index contributed by atoms with van der Waals surface area (Å²) in [4.78, 5) is 27.1. The third kappa shape index (κ3) is 3.96. The first-order valence-electron chi connectivity index (χ1n) is 7.37. The second-order valence-corrected chi connectivity index (χ2v) is 5.49. The number of amides is 2. The number of hydrogen-bond donors (Lipinski definition) is 0. The maximum absolute atomic E-state index is 12.9. The zero-order valence-electron chi connectivity index (χ0n) is 12.9. The zero-order valence-corrected chi connectivity index (χ0v) is 12.9. The van der Waals surface area contributed by atoms with Crippen LogP contribution in [0, 0.1) is 5.82 Å². The van der Waals surface area contributed by atoms with Crippen molar-refractivity contribution in [2.24, 2.45) is 0 Å². The zero-order chi connectivity index (χ0) is 16.1. The van der Waals surface area contributed by atoms with Crippen molar-refractivity contribution in [3.8, 4) is 0 Å². The van der Waals surface area contributed by atoms with Gasteiger partial charge in [0.25, 0.3) is 0 Å². The van der Waals surface area contributed by atoms with Crippen LogP contribution in [0.3, 0.4) is 0 Å². The molecule has 0 aromatic heterocycles. The molecular weight excluding hydrogens is 287 g/mol. The number of halogens is 1. The Morgan fingerprint density at radius 2 is 1.68 bits per heavy atom. The van der Waals surface area contributed by atoms with Gasteiger partial charge in [0.2, 0.25) is 5.91 Å². The van der Waals surface area contributed by atoms with E-state index in [9.17, 15) is 14.0 Å². The van der Waals surface area contributed by atoms with E-state index in [0.29, 0.717) is 32.6 Å². The summed E-state index contributed by atoms with van der Waals surface area (Å²) in [5.41, 5.74) is 0.947. The van der Waals surface area contributed by atoms with Crippen molar-refractivity contribution in [3.05, 3.63) is 35.6 Å². The number of nitrogens with zero attached hydrogens (tertiary/aromatic N) is 2. The predicted octanol–water partition coefficient (Wildman–Crippen LogP) is 2.23. The molecule has 1 aliphatic rings. The van der Waals surface area contributed by atoms with Crippen LogP contribution in [0.4, 0.5) is 9.18 Å². The van der Waals surface area contributed by atoms with Crippen LogP contribution in [0.15, 0.2) is 24.3 Å². The summed E-state index contributed by atoms with van der Waals surface area (Å²) in [7, 11) is 1.35. The van der Waals surface area contributed by atoms with Gasteiger partial charge in [0.05, 0.1) is 7.11 Å². The molecule has 6 heteroatoms. The van der Waals surface area contributed by atoms with E-state index in [1.165, 1.54) is 19.2 Å². The van der Waals surface area contributed by atoms with E-state index in [2.05, 4.69) is 4.74 Å². The summed E-state index contributed by atoms with van der Waals surface area (Å²) in [5, 5.41) is 0. The Balaban J connectivity index is 1.85. The normalized spacial score (nSPS) is 16.3. The minimum atomic E-state index is -0.355. The molecule has 1 fully saturated rings. The van der Waals surface area contributed by atoms with Gasteiger partial charge in [-0.15, -0.1) is 0 Å². The van der Waals surface area contributed by atoms with Crippen LogP contribution in [0.5, 0.6) is 0 Å². The molecule has 0 bridgehead atoms. The van der Waals surface area contributed by atoms with E-state index in [1.54, 1.807) is 21.9 Å². The summed E-state index contributed by atoms with van der Waals surface area (Å²) in [6.07, 6.45) is 0.0240. The van der Waals surface area contributed by atoms with Gasteiger partial charge in [-0.05, 0) is 23.6 Å². The monoisotopic (exact) mass is 308 g/mol. The van der Waals surface area contributed by atoms with Gasteiger partial charge in [0.1, 0.15) is 5.82 Å². The minimum absolute atomic E-state index is 0.0340. The van der Waals surface area contributed by atoms with Crippen molar-refractivity contribution in [1.82, 2.24) is 9.80 Å². The SMILES string of the molecule is COC(=O)N1CCN(C(=O)CC(C)c2ccc(F)cc2)CC1. The van der Waals surface area contributed by atoms with Gasteiger partial charge in [0.15, 0.2) is 0 Å². The van der Waals surface area contributed by atoms with Gasteiger partial charge >= 0.3 is 6.09 Å². The number of ether oxygens (including phenoxy) is 1. The van der Waals surface area contributed by atoms with Crippen LogP contribution in [-0.2, 0) is 9.53 Å². The van der Waals surface area contributed by atoms with Crippen LogP contribution in [0.2, 0.25) is 0 Å². The smallest absolute Gasteiger partial charge is 0.409 e. The van der Waals surface area contributed by atoms with Gasteiger partial charge in [-0.2, -0.15) is 0 Å². The lowest BCUT2D eigenvalue weighted by atomic mass is 9.97. The lowest BCUT2D eigenvalue weighted by Gasteiger charge is -2.34. The first-order chi connectivity index (χ1) is 10.5. The van der Waals surface area contributed by atoms with Crippen LogP contribution in [0.1, 0.15) is 24.8 Å². The van der Waals surface area contributed by atoms with E-state index < -0.39 is 0 Å². The minimum Gasteiger partial charge on any atom is -0.453 e. The highest BCUT2D eigenvalue weighted by Crippen LogP contribution is 2.20. The van der Waals surface area contributed by atoms with Gasteiger partial charge in [-0.3, -0.25) is 4.79 Å². The lowest BCUT2D eigenvalue weighted by Crippen LogP contribution is -2.50. The predicted molar refractivity (Wildman–Crippen MR) is 80.0 cm³/mol. The highest BCUT2D eigenvalue weighted by molar-refractivity contribution is 5.77. The van der Waals surface area contributed by atoms with Crippen LogP contribution < -0.4 is 0 Å². The molecule has 0 spiro atoms. The molecule has 1 saturated heterocycles. The molecule has 1 aromatic rings. The van der Waals surface area contributed by atoms with Gasteiger partial charge in [0, 0.05) is 32.6 Å². The first kappa shape index (κ1) is 16.3. The number of methoxy groups -OCH3 is 1. The van der Waals surface area contributed by atoms with Crippen LogP contribution in [0.25, 0.3) is 0 Å². The molecule has 0 aliphatic carbocycles. The van der Waals surface area contributed by atoms with Crippen LogP contribution >= 0.6 is 0 Å². The van der Waals surface area contributed by atoms with Crippen molar-refractivity contribution < 1.29 is 18.7 Å². The summed E-state index contributed by atoms with van der Waals surface area (Å²) >= 11 is 0. The fourth-order valence-electron chi connectivity index (χ4n) is 2.57. The standard InChI is InChI=1S/C16H21FN2O3/c1-12(13-3-5-14(17)6-4-13)11-15(20)18-7-9-19(10-8-18)16(21)22-2/h3-6,12H,7-11H2,1-2H3. The van der Waals surface area contributed by atoms with Gasteiger partial charge < -0.3 is 14.5 Å². The first-order valence-corrected chi connectivity index (χ1v) is 7.37. The van der Waals surface area contributed by atoms with Crippen molar-refractivity contribution in [2.75, 3.05) is 33.3 Å². The molecule has 0 radical (unpaired) electrons. The molecule has 120 valence electrons. The third-order valence-electron chi connectivity index (χ3n) is 3.99. The molecule has 1 heterocycles. The Kier molecular flexibility index (Phi) is 5.35. The number of carbonyl (C=O) groups excluding carboxylic acids is 2. The van der Waals surface area contributed by atoms with Gasteiger partial charge in [-0.1, -0.05) is 19.1 Å². The molecular formula is C16H21FN2O3. The lowest BCUT2D eigenvalue weighted by molar-refractivity contribution is -0.133. The Morgan fingerprint density at radius 3 is 2.23 bits per heavy atom. The number of hydrogen-bond acceptors (Lipinski definition) is 3. The Hall–Kier alpha value is -2.11. The summed E-state index contributed by atoms with van der Waals surface area (Å²) in [6.45, 7) is 3.97. The summed E-state index contributed by atoms with van der Waals surface area (Å²) < 4.78 is 17.6. The molecule has 1 aromatic carbocycles. The number of benzene rings is 1. The van der Waals surface area contributed by atoms with Crippen molar-refractivity contribution >= 4 is 12.0 Å². The summed E-state index contributed by atoms with van der Waals surface area (Å²) in [5.74, 6) is -0.186. The van der Waals surface area contributed by atoms with Crippen molar-refractivity contribution in [2.45, 2.75) is 19.3 Å². The average Bonchev–Trinajstić information content (AvgIpc) is 2.54. The van der Waals surface area contributed by atoms with Crippen molar-refractivity contribution in [3.63, 3.8) is 0 Å². The van der Waals surface area contributed by atoms with Gasteiger partial charge in [-0.25, -0.2) is 9.18 Å². The second-order valence-electron chi connectivity index (χ2n) is 5.49. The molecule has 22 heavy (non-hydrogen) atoms. The maximum atomic E-state index is 12.9. The molecule has 1 aliphatic heterocycles. The Labute approximate surface area is 129 Å². The summed E-state index contributed by atoms with van der Waals surface area (Å²) in [6, 6.07) is 6.24. The maximum Gasteiger partial charge on any atom is 0.409 e. The highest BCUT2D eigenvalue weighted by Gasteiger charge is 2.25. The molecule has 1 atom stereocenters. The third-order valence-corrected chi connectivity index (χ3v) is 3.99. The molecule has 2 amide bonds. The molecule has 1 unspecified atom stereocenters. The topological polar surface area (TPSA) is 49.9 Å². The largest absolute Gasteiger partial charge is 0.453 e. The van der Waals surface area contributed by atoms with E-state index in [0.717, 1.165) is 5.56 Å². The quantitative estimate of drug-likeness (QED) is 0.860. The Bertz CT molecular complexity index is 525. The fourth-order valence-corrected chi connectivity index (χ4v) is 2.57. The second kappa shape index (κ2) is 7.24. The van der Waals surface area contributed by atoms with E-state index in [4.69, 9.17) is 0 Å².